The van der Waals surface area contributed by atoms with Crippen LogP contribution in [-0.4, -0.2) is 67.4 Å². The lowest BCUT2D eigenvalue weighted by Crippen LogP contribution is -2.57. The molecule has 1 aliphatic heterocycles. The number of hydrogen-bond acceptors (Lipinski definition) is 13. The Bertz CT molecular complexity index is 2110. The summed E-state index contributed by atoms with van der Waals surface area (Å²) in [6.07, 6.45) is 4.00. The number of fused-ring (bicyclic) bond motifs is 10. The van der Waals surface area contributed by atoms with Crippen LogP contribution < -0.4 is 21.3 Å². The minimum atomic E-state index is -1.13. The normalized spacial score (nSPS) is 19.3. The molecule has 5 aromatic rings. The molecule has 17 heteroatoms. The lowest BCUT2D eigenvalue weighted by Gasteiger charge is -2.28. The van der Waals surface area contributed by atoms with E-state index in [9.17, 15) is 24.3 Å². The van der Waals surface area contributed by atoms with Crippen molar-refractivity contribution in [2.75, 3.05) is 6.61 Å². The molecular weight excluding hydrogens is 676 g/mol. The molecule has 4 aromatic heterocycles. The fraction of sp³-hybridized carbons (Fsp3) is 0.314. The van der Waals surface area contributed by atoms with Crippen molar-refractivity contribution in [2.45, 2.75) is 52.2 Å². The largest absolute Gasteiger partial charge is 0.446 e. The van der Waals surface area contributed by atoms with Gasteiger partial charge in [0.05, 0.1) is 12.3 Å². The molecule has 17 nitrogen and oxygen atoms in total. The van der Waals surface area contributed by atoms with E-state index in [1.165, 1.54) is 12.5 Å². The maximum atomic E-state index is 14.0. The first-order valence-electron chi connectivity index (χ1n) is 16.4. The molecule has 52 heavy (non-hydrogen) atoms. The Morgan fingerprint density at radius 1 is 0.769 bits per heavy atom. The fourth-order valence-electron chi connectivity index (χ4n) is 5.31. The third-order valence-electron chi connectivity index (χ3n) is 8.43. The minimum absolute atomic E-state index is 0.0320. The van der Waals surface area contributed by atoms with Gasteiger partial charge in [-0.05, 0) is 11.8 Å². The van der Waals surface area contributed by atoms with Gasteiger partial charge < -0.3 is 44.0 Å². The molecule has 0 unspecified atom stereocenters. The van der Waals surface area contributed by atoms with Gasteiger partial charge in [-0.1, -0.05) is 71.0 Å². The number of hydrogen-bond donors (Lipinski definition) is 5. The first-order chi connectivity index (χ1) is 25.0. The molecule has 0 saturated carbocycles. The minimum Gasteiger partial charge on any atom is -0.446 e. The molecule has 270 valence electrons. The summed E-state index contributed by atoms with van der Waals surface area (Å²) in [4.78, 5) is 71.7. The molecule has 0 spiro atoms. The Morgan fingerprint density at radius 2 is 1.42 bits per heavy atom. The molecule has 5 heterocycles. The zero-order chi connectivity index (χ0) is 37.1. The zero-order valence-electron chi connectivity index (χ0n) is 28.6. The van der Waals surface area contributed by atoms with Crippen molar-refractivity contribution in [3.63, 3.8) is 0 Å². The molecule has 4 atom stereocenters. The Morgan fingerprint density at radius 3 is 2.13 bits per heavy atom. The maximum absolute atomic E-state index is 14.0. The number of aliphatic hydroxyl groups excluding tert-OH is 1. The molecule has 5 N–H and O–H groups in total. The van der Waals surface area contributed by atoms with E-state index in [1.807, 2.05) is 6.92 Å². The summed E-state index contributed by atoms with van der Waals surface area (Å²) in [6, 6.07) is 5.45. The van der Waals surface area contributed by atoms with Gasteiger partial charge in [-0.25, -0.2) is 19.9 Å². The third-order valence-corrected chi connectivity index (χ3v) is 8.43. The smallest absolute Gasteiger partial charge is 0.277 e. The highest BCUT2D eigenvalue weighted by Gasteiger charge is 2.35. The van der Waals surface area contributed by atoms with Crippen LogP contribution in [0.5, 0.6) is 0 Å². The summed E-state index contributed by atoms with van der Waals surface area (Å²) in [5.74, 6) is -3.72. The van der Waals surface area contributed by atoms with Gasteiger partial charge in [0.15, 0.2) is 28.5 Å². The van der Waals surface area contributed by atoms with Crippen LogP contribution >= 0.6 is 0 Å². The van der Waals surface area contributed by atoms with Crippen LogP contribution in [0.3, 0.4) is 0 Å². The van der Waals surface area contributed by atoms with Crippen molar-refractivity contribution >= 4 is 29.3 Å². The molecule has 6 rings (SSSR count). The van der Waals surface area contributed by atoms with Crippen molar-refractivity contribution in [3.8, 4) is 34.5 Å². The predicted octanol–water partition coefficient (Wildman–Crippen LogP) is 3.49. The molecular formula is C35H36N8O9. The van der Waals surface area contributed by atoms with Gasteiger partial charge in [-0.2, -0.15) is 0 Å². The van der Waals surface area contributed by atoms with Crippen LogP contribution in [0.2, 0.25) is 0 Å². The average Bonchev–Trinajstić information content (AvgIpc) is 3.97. The molecule has 0 fully saturated rings. The molecule has 1 aromatic carbocycles. The van der Waals surface area contributed by atoms with Gasteiger partial charge >= 0.3 is 0 Å². The van der Waals surface area contributed by atoms with Crippen molar-refractivity contribution in [3.05, 3.63) is 78.9 Å². The van der Waals surface area contributed by atoms with Crippen molar-refractivity contribution in [1.82, 2.24) is 41.2 Å². The summed E-state index contributed by atoms with van der Waals surface area (Å²) < 4.78 is 22.6. The van der Waals surface area contributed by atoms with Gasteiger partial charge in [0.1, 0.15) is 36.9 Å². The van der Waals surface area contributed by atoms with Crippen LogP contribution in [0.15, 0.2) is 73.4 Å². The number of aromatic nitrogens is 4. The maximum Gasteiger partial charge on any atom is 0.277 e. The number of carbonyl (C=O) groups excluding carboxylic acids is 4. The van der Waals surface area contributed by atoms with Gasteiger partial charge in [-0.15, -0.1) is 0 Å². The van der Waals surface area contributed by atoms with Crippen LogP contribution in [-0.2, 0) is 9.59 Å². The molecule has 4 amide bonds. The van der Waals surface area contributed by atoms with E-state index in [1.54, 1.807) is 51.1 Å². The van der Waals surface area contributed by atoms with Crippen LogP contribution in [0.4, 0.5) is 0 Å². The number of aliphatic hydroxyl groups is 1. The summed E-state index contributed by atoms with van der Waals surface area (Å²) in [5, 5.41) is 20.9. The zero-order valence-corrected chi connectivity index (χ0v) is 28.6. The number of nitrogens with zero attached hydrogens (tertiary/aromatic N) is 4. The van der Waals surface area contributed by atoms with E-state index in [0.717, 1.165) is 6.26 Å². The van der Waals surface area contributed by atoms with Crippen LogP contribution in [0.1, 0.15) is 72.9 Å². The van der Waals surface area contributed by atoms with E-state index in [4.69, 9.17) is 17.7 Å². The topological polar surface area (TPSA) is 241 Å². The summed E-state index contributed by atoms with van der Waals surface area (Å²) in [6.45, 7) is 10.3. The van der Waals surface area contributed by atoms with Crippen molar-refractivity contribution in [2.24, 2.45) is 11.8 Å². The van der Waals surface area contributed by atoms with E-state index in [2.05, 4.69) is 47.8 Å². The van der Waals surface area contributed by atoms with Crippen molar-refractivity contribution < 1.29 is 42.0 Å². The average molecular weight is 713 g/mol. The second-order valence-corrected chi connectivity index (χ2v) is 12.5. The van der Waals surface area contributed by atoms with E-state index < -0.39 is 54.3 Å². The Balaban J connectivity index is 1.41. The predicted molar refractivity (Wildman–Crippen MR) is 181 cm³/mol. The Hall–Kier alpha value is -6.36. The van der Waals surface area contributed by atoms with Crippen molar-refractivity contribution in [1.29, 1.82) is 0 Å². The van der Waals surface area contributed by atoms with Crippen LogP contribution in [0.25, 0.3) is 40.2 Å². The molecule has 8 bridgehead atoms. The number of carbonyl (C=O) groups is 4. The lowest BCUT2D eigenvalue weighted by atomic mass is 9.96. The molecule has 0 aliphatic carbocycles. The number of rotatable bonds is 5. The standard InChI is InChI=1S/C35H36N8O9/c1-6-17(4)25-30(47)41-24(16(2)3)29(46)37-20(12-44)33-40-22(14-51-33)34-38-21(13-50-34)28(45)36-18(5)32-39-23(15-49-32)35-43-26(31(48)42-25)27(52-35)19-10-8-7-9-11-19/h7-11,13-17,20,24-25,44H,5-6,12H2,1-4H3,(H,36,45)(H,37,46)(H,41,47)(H,42,48)/t17-,20-,24-,25-/m0/s1. The summed E-state index contributed by atoms with van der Waals surface area (Å²) in [5.41, 5.74) is 0.378. The number of nitrogens with one attached hydrogen (secondary N) is 4. The highest BCUT2D eigenvalue weighted by atomic mass is 16.4. The highest BCUT2D eigenvalue weighted by molar-refractivity contribution is 6.01. The summed E-state index contributed by atoms with van der Waals surface area (Å²) >= 11 is 0. The molecule has 0 radical (unpaired) electrons. The van der Waals surface area contributed by atoms with Gasteiger partial charge in [0.2, 0.25) is 35.4 Å². The van der Waals surface area contributed by atoms with Gasteiger partial charge in [0, 0.05) is 5.56 Å². The van der Waals surface area contributed by atoms with E-state index in [0.29, 0.717) is 12.0 Å². The van der Waals surface area contributed by atoms with Crippen LogP contribution in [0, 0.1) is 11.8 Å². The number of benzene rings is 1. The highest BCUT2D eigenvalue weighted by Crippen LogP contribution is 2.31. The van der Waals surface area contributed by atoms with E-state index >= 15 is 0 Å². The number of oxazole rings is 4. The first kappa shape index (κ1) is 35.5. The second kappa shape index (κ2) is 14.9. The summed E-state index contributed by atoms with van der Waals surface area (Å²) in [7, 11) is 0. The third kappa shape index (κ3) is 7.25. The number of amides is 4. The monoisotopic (exact) mass is 712 g/mol. The fourth-order valence-corrected chi connectivity index (χ4v) is 5.31. The Kier molecular flexibility index (Phi) is 10.1. The Labute approximate surface area is 296 Å². The quantitative estimate of drug-likeness (QED) is 0.176. The second-order valence-electron chi connectivity index (χ2n) is 12.5. The van der Waals surface area contributed by atoms with Gasteiger partial charge in [0.25, 0.3) is 11.8 Å². The molecule has 1 aliphatic rings. The first-order valence-corrected chi connectivity index (χ1v) is 16.4. The lowest BCUT2D eigenvalue weighted by molar-refractivity contribution is -0.132. The molecule has 0 saturated heterocycles. The van der Waals surface area contributed by atoms with E-state index in [-0.39, 0.29) is 63.7 Å². The van der Waals surface area contributed by atoms with Gasteiger partial charge in [-0.3, -0.25) is 19.2 Å². The SMILES string of the molecule is C=C1NC(=O)c2coc(n2)-c2coc(n2)[C@H](CO)NC(=O)[C@H](C(C)C)NC(=O)[C@H]([C@@H](C)CC)NC(=O)c2nc(oc2-c2ccccc2)-c2coc1n2.